The predicted molar refractivity (Wildman–Crippen MR) is 78.5 cm³/mol. The number of carbonyl (C=O) groups is 1. The van der Waals surface area contributed by atoms with E-state index in [-0.39, 0.29) is 5.82 Å². The van der Waals surface area contributed by atoms with Crippen LogP contribution in [0.3, 0.4) is 0 Å². The molecule has 4 heteroatoms. The number of aliphatic carboxylic acids is 1. The van der Waals surface area contributed by atoms with E-state index in [2.05, 4.69) is 4.90 Å². The number of carboxylic acid groups (broad SMARTS) is 1. The number of likely N-dealkylation sites (tertiary alicyclic amines) is 1. The van der Waals surface area contributed by atoms with E-state index in [1.165, 1.54) is 12.8 Å². The van der Waals surface area contributed by atoms with Crippen LogP contribution in [-0.4, -0.2) is 28.1 Å². The Kier molecular flexibility index (Phi) is 3.98. The number of fused-ring (bicyclic) bond motifs is 1. The Morgan fingerprint density at radius 2 is 2.14 bits per heavy atom. The number of nitrogens with zero attached hydrogens (tertiary/aromatic N) is 1. The quantitative estimate of drug-likeness (QED) is 0.928. The molecule has 1 saturated heterocycles. The van der Waals surface area contributed by atoms with Crippen LogP contribution in [0.4, 0.5) is 4.39 Å². The van der Waals surface area contributed by atoms with Crippen molar-refractivity contribution in [2.24, 2.45) is 5.92 Å². The first-order valence-corrected chi connectivity index (χ1v) is 7.80. The lowest BCUT2D eigenvalue weighted by atomic mass is 9.84. The number of rotatable bonds is 3. The highest BCUT2D eigenvalue weighted by Crippen LogP contribution is 2.40. The molecule has 21 heavy (non-hydrogen) atoms. The fourth-order valence-corrected chi connectivity index (χ4v) is 3.97. The standard InChI is InChI=1S/C17H22FNO2/c1-11-6-7-12(8-14(11)18)10-19-15-5-3-2-4-13(15)9-16(19)17(20)21/h6-8,13,15-16H,2-5,9-10H2,1H3,(H,20,21). The minimum absolute atomic E-state index is 0.209. The van der Waals surface area contributed by atoms with Crippen LogP contribution in [0.15, 0.2) is 18.2 Å². The summed E-state index contributed by atoms with van der Waals surface area (Å²) in [5.74, 6) is -0.453. The third kappa shape index (κ3) is 2.82. The van der Waals surface area contributed by atoms with Crippen LogP contribution in [-0.2, 0) is 11.3 Å². The van der Waals surface area contributed by atoms with Crippen LogP contribution in [0.2, 0.25) is 0 Å². The average Bonchev–Trinajstić information content (AvgIpc) is 2.82. The van der Waals surface area contributed by atoms with E-state index in [9.17, 15) is 14.3 Å². The minimum Gasteiger partial charge on any atom is -0.480 e. The zero-order valence-electron chi connectivity index (χ0n) is 12.4. The molecule has 1 aromatic carbocycles. The van der Waals surface area contributed by atoms with Crippen LogP contribution in [0.5, 0.6) is 0 Å². The molecule has 0 spiro atoms. The summed E-state index contributed by atoms with van der Waals surface area (Å²) in [5, 5.41) is 9.49. The second-order valence-electron chi connectivity index (χ2n) is 6.46. The normalized spacial score (nSPS) is 29.3. The van der Waals surface area contributed by atoms with Gasteiger partial charge < -0.3 is 5.11 Å². The molecule has 3 unspecified atom stereocenters. The molecule has 1 aromatic rings. The van der Waals surface area contributed by atoms with Gasteiger partial charge in [-0.05, 0) is 49.3 Å². The zero-order valence-corrected chi connectivity index (χ0v) is 12.4. The molecule has 3 rings (SSSR count). The van der Waals surface area contributed by atoms with Gasteiger partial charge in [-0.15, -0.1) is 0 Å². The lowest BCUT2D eigenvalue weighted by Gasteiger charge is -2.33. The summed E-state index contributed by atoms with van der Waals surface area (Å²) in [6.45, 7) is 2.28. The highest BCUT2D eigenvalue weighted by Gasteiger charge is 2.44. The van der Waals surface area contributed by atoms with E-state index in [0.29, 0.717) is 24.1 Å². The summed E-state index contributed by atoms with van der Waals surface area (Å²) in [5.41, 5.74) is 1.50. The predicted octanol–water partition coefficient (Wildman–Crippen LogP) is 3.35. The Bertz CT molecular complexity index is 546. The van der Waals surface area contributed by atoms with Crippen molar-refractivity contribution in [1.82, 2.24) is 4.90 Å². The Morgan fingerprint density at radius 3 is 2.86 bits per heavy atom. The molecule has 1 N–H and O–H groups in total. The lowest BCUT2D eigenvalue weighted by Crippen LogP contribution is -2.41. The van der Waals surface area contributed by atoms with Gasteiger partial charge in [0.2, 0.25) is 0 Å². The second kappa shape index (κ2) is 5.76. The number of hydrogen-bond acceptors (Lipinski definition) is 2. The Labute approximate surface area is 124 Å². The van der Waals surface area contributed by atoms with E-state index in [0.717, 1.165) is 24.8 Å². The summed E-state index contributed by atoms with van der Waals surface area (Å²) < 4.78 is 13.7. The Balaban J connectivity index is 1.82. The van der Waals surface area contributed by atoms with Crippen molar-refractivity contribution < 1.29 is 14.3 Å². The summed E-state index contributed by atoms with van der Waals surface area (Å²) in [6.07, 6.45) is 5.33. The van der Waals surface area contributed by atoms with Gasteiger partial charge in [-0.3, -0.25) is 9.69 Å². The molecule has 0 amide bonds. The van der Waals surface area contributed by atoms with Gasteiger partial charge in [-0.1, -0.05) is 25.0 Å². The van der Waals surface area contributed by atoms with Gasteiger partial charge in [0.15, 0.2) is 0 Å². The number of halogens is 1. The summed E-state index contributed by atoms with van der Waals surface area (Å²) in [7, 11) is 0. The van der Waals surface area contributed by atoms with E-state index in [1.54, 1.807) is 19.1 Å². The number of carboxylic acids is 1. The molecular weight excluding hydrogens is 269 g/mol. The van der Waals surface area contributed by atoms with Crippen LogP contribution >= 0.6 is 0 Å². The molecule has 1 heterocycles. The summed E-state index contributed by atoms with van der Waals surface area (Å²) in [6, 6.07) is 5.17. The van der Waals surface area contributed by atoms with Crippen molar-refractivity contribution in [3.05, 3.63) is 35.1 Å². The number of aryl methyl sites for hydroxylation is 1. The molecule has 2 fully saturated rings. The van der Waals surface area contributed by atoms with Crippen molar-refractivity contribution in [2.75, 3.05) is 0 Å². The van der Waals surface area contributed by atoms with Gasteiger partial charge in [-0.25, -0.2) is 4.39 Å². The second-order valence-corrected chi connectivity index (χ2v) is 6.46. The average molecular weight is 291 g/mol. The van der Waals surface area contributed by atoms with Crippen molar-refractivity contribution in [2.45, 2.75) is 57.7 Å². The maximum Gasteiger partial charge on any atom is 0.320 e. The molecule has 1 aliphatic heterocycles. The molecule has 2 aliphatic rings. The van der Waals surface area contributed by atoms with Gasteiger partial charge in [0.05, 0.1) is 0 Å². The molecule has 1 aliphatic carbocycles. The van der Waals surface area contributed by atoms with Crippen LogP contribution < -0.4 is 0 Å². The maximum absolute atomic E-state index is 13.7. The lowest BCUT2D eigenvalue weighted by molar-refractivity contribution is -0.142. The van der Waals surface area contributed by atoms with E-state index < -0.39 is 12.0 Å². The maximum atomic E-state index is 13.7. The third-order valence-electron chi connectivity index (χ3n) is 5.11. The molecule has 3 nitrogen and oxygen atoms in total. The third-order valence-corrected chi connectivity index (χ3v) is 5.11. The molecule has 0 bridgehead atoms. The molecule has 114 valence electrons. The van der Waals surface area contributed by atoms with Gasteiger partial charge in [-0.2, -0.15) is 0 Å². The highest BCUT2D eigenvalue weighted by molar-refractivity contribution is 5.74. The number of hydrogen-bond donors (Lipinski definition) is 1. The Morgan fingerprint density at radius 1 is 1.38 bits per heavy atom. The summed E-state index contributed by atoms with van der Waals surface area (Å²) in [4.78, 5) is 13.6. The molecule has 0 aromatic heterocycles. The first-order chi connectivity index (χ1) is 10.1. The van der Waals surface area contributed by atoms with E-state index in [4.69, 9.17) is 0 Å². The van der Waals surface area contributed by atoms with Gasteiger partial charge >= 0.3 is 5.97 Å². The van der Waals surface area contributed by atoms with Gasteiger partial charge in [0.1, 0.15) is 11.9 Å². The van der Waals surface area contributed by atoms with Crippen LogP contribution in [0.1, 0.15) is 43.2 Å². The number of benzene rings is 1. The summed E-state index contributed by atoms with van der Waals surface area (Å²) >= 11 is 0. The van der Waals surface area contributed by atoms with Crippen molar-refractivity contribution >= 4 is 5.97 Å². The first-order valence-electron chi connectivity index (χ1n) is 7.80. The molecule has 3 atom stereocenters. The Hall–Kier alpha value is -1.42. The van der Waals surface area contributed by atoms with Gasteiger partial charge in [0.25, 0.3) is 0 Å². The first kappa shape index (κ1) is 14.5. The molecule has 1 saturated carbocycles. The largest absolute Gasteiger partial charge is 0.480 e. The van der Waals surface area contributed by atoms with Crippen LogP contribution in [0.25, 0.3) is 0 Å². The smallest absolute Gasteiger partial charge is 0.320 e. The van der Waals surface area contributed by atoms with E-state index in [1.807, 2.05) is 6.07 Å². The fraction of sp³-hybridized carbons (Fsp3) is 0.588. The van der Waals surface area contributed by atoms with Crippen molar-refractivity contribution in [3.63, 3.8) is 0 Å². The highest BCUT2D eigenvalue weighted by atomic mass is 19.1. The van der Waals surface area contributed by atoms with E-state index >= 15 is 0 Å². The monoisotopic (exact) mass is 291 g/mol. The van der Waals surface area contributed by atoms with Gasteiger partial charge in [0, 0.05) is 12.6 Å². The van der Waals surface area contributed by atoms with Crippen molar-refractivity contribution in [3.8, 4) is 0 Å². The van der Waals surface area contributed by atoms with Crippen molar-refractivity contribution in [1.29, 1.82) is 0 Å². The zero-order chi connectivity index (χ0) is 15.0. The molecular formula is C17H22FNO2. The topological polar surface area (TPSA) is 40.5 Å². The SMILES string of the molecule is Cc1ccc(CN2C(C(=O)O)CC3CCCCC32)cc1F. The minimum atomic E-state index is -0.739. The fourth-order valence-electron chi connectivity index (χ4n) is 3.97. The van der Waals surface area contributed by atoms with Crippen LogP contribution in [0, 0.1) is 18.7 Å². The molecule has 0 radical (unpaired) electrons.